The second-order valence-electron chi connectivity index (χ2n) is 4.04. The summed E-state index contributed by atoms with van der Waals surface area (Å²) < 4.78 is 10.9. The Labute approximate surface area is 97.6 Å². The highest BCUT2D eigenvalue weighted by Crippen LogP contribution is 2.24. The summed E-state index contributed by atoms with van der Waals surface area (Å²) in [7, 11) is 1.70. The maximum absolute atomic E-state index is 5.89. The van der Waals surface area contributed by atoms with Crippen LogP contribution in [0.2, 0.25) is 0 Å². The Balaban J connectivity index is 2.65. The van der Waals surface area contributed by atoms with Crippen LogP contribution in [0, 0.1) is 0 Å². The maximum atomic E-state index is 5.89. The van der Waals surface area contributed by atoms with Gasteiger partial charge < -0.3 is 15.2 Å². The zero-order valence-electron chi connectivity index (χ0n) is 10.3. The van der Waals surface area contributed by atoms with Crippen LogP contribution in [0.15, 0.2) is 24.3 Å². The summed E-state index contributed by atoms with van der Waals surface area (Å²) in [5.41, 5.74) is 6.93. The predicted molar refractivity (Wildman–Crippen MR) is 65.6 cm³/mol. The smallest absolute Gasteiger partial charge is 0.124 e. The zero-order chi connectivity index (χ0) is 12.0. The second kappa shape index (κ2) is 6.51. The minimum Gasteiger partial charge on any atom is -0.490 e. The van der Waals surface area contributed by atoms with E-state index in [0.29, 0.717) is 6.61 Å². The van der Waals surface area contributed by atoms with E-state index in [2.05, 4.69) is 0 Å². The molecular weight excluding hydrogens is 202 g/mol. The molecule has 0 aliphatic carbocycles. The molecule has 16 heavy (non-hydrogen) atoms. The van der Waals surface area contributed by atoms with Gasteiger partial charge >= 0.3 is 0 Å². The van der Waals surface area contributed by atoms with Crippen molar-refractivity contribution in [1.82, 2.24) is 0 Å². The molecule has 1 rings (SSSR count). The fraction of sp³-hybridized carbons (Fsp3) is 0.538. The molecule has 1 aromatic carbocycles. The summed E-state index contributed by atoms with van der Waals surface area (Å²) in [5, 5.41) is 0. The lowest BCUT2D eigenvalue weighted by molar-refractivity contribution is 0.134. The van der Waals surface area contributed by atoms with E-state index < -0.39 is 0 Å². The number of benzene rings is 1. The van der Waals surface area contributed by atoms with E-state index in [9.17, 15) is 0 Å². The minimum absolute atomic E-state index is 0.00850. The first kappa shape index (κ1) is 13.0. The van der Waals surface area contributed by atoms with Gasteiger partial charge in [-0.1, -0.05) is 18.2 Å². The van der Waals surface area contributed by atoms with Crippen LogP contribution in [-0.2, 0) is 4.74 Å². The molecule has 0 fully saturated rings. The molecule has 0 aromatic heterocycles. The summed E-state index contributed by atoms with van der Waals surface area (Å²) in [6.45, 7) is 4.71. The highest BCUT2D eigenvalue weighted by molar-refractivity contribution is 5.35. The van der Waals surface area contributed by atoms with Crippen molar-refractivity contribution in [2.75, 3.05) is 13.7 Å². The van der Waals surface area contributed by atoms with E-state index in [0.717, 1.165) is 17.7 Å². The molecule has 0 radical (unpaired) electrons. The van der Waals surface area contributed by atoms with Crippen molar-refractivity contribution in [2.45, 2.75) is 32.4 Å². The molecule has 90 valence electrons. The van der Waals surface area contributed by atoms with E-state index in [4.69, 9.17) is 15.2 Å². The molecule has 0 aliphatic heterocycles. The van der Waals surface area contributed by atoms with E-state index >= 15 is 0 Å². The van der Waals surface area contributed by atoms with Gasteiger partial charge in [-0.25, -0.2) is 0 Å². The molecule has 0 saturated heterocycles. The first-order valence-electron chi connectivity index (χ1n) is 5.65. The maximum Gasteiger partial charge on any atom is 0.124 e. The molecule has 2 N–H and O–H groups in total. The van der Waals surface area contributed by atoms with Gasteiger partial charge in [-0.3, -0.25) is 0 Å². The summed E-state index contributed by atoms with van der Waals surface area (Å²) in [6, 6.07) is 7.89. The summed E-state index contributed by atoms with van der Waals surface area (Å²) in [6.07, 6.45) is 1.02. The van der Waals surface area contributed by atoms with Crippen LogP contribution in [0.1, 0.15) is 31.9 Å². The average molecular weight is 223 g/mol. The van der Waals surface area contributed by atoms with Crippen molar-refractivity contribution >= 4 is 0 Å². The van der Waals surface area contributed by atoms with Gasteiger partial charge in [0.25, 0.3) is 0 Å². The van der Waals surface area contributed by atoms with Crippen LogP contribution in [0.5, 0.6) is 5.75 Å². The van der Waals surface area contributed by atoms with Crippen molar-refractivity contribution in [3.8, 4) is 5.75 Å². The molecule has 1 aromatic rings. The first-order valence-corrected chi connectivity index (χ1v) is 5.65. The number of hydrogen-bond acceptors (Lipinski definition) is 3. The standard InChI is InChI=1S/C13H21NO2/c1-10(8-9-15-3)16-13-7-5-4-6-12(13)11(2)14/h4-7,10-11H,8-9,14H2,1-3H3/t10?,11-/m0/s1. The lowest BCUT2D eigenvalue weighted by atomic mass is 10.1. The van der Waals surface area contributed by atoms with Crippen molar-refractivity contribution in [3.05, 3.63) is 29.8 Å². The Hall–Kier alpha value is -1.06. The number of hydrogen-bond donors (Lipinski definition) is 1. The average Bonchev–Trinajstić information content (AvgIpc) is 2.27. The Bertz CT molecular complexity index is 313. The Kier molecular flexibility index (Phi) is 5.29. The topological polar surface area (TPSA) is 44.5 Å². The molecule has 2 atom stereocenters. The van der Waals surface area contributed by atoms with Gasteiger partial charge in [-0.2, -0.15) is 0 Å². The third-order valence-electron chi connectivity index (χ3n) is 2.47. The third-order valence-corrected chi connectivity index (χ3v) is 2.47. The molecule has 0 amide bonds. The van der Waals surface area contributed by atoms with Crippen molar-refractivity contribution in [1.29, 1.82) is 0 Å². The van der Waals surface area contributed by atoms with Crippen LogP contribution in [0.3, 0.4) is 0 Å². The van der Waals surface area contributed by atoms with Gasteiger partial charge in [-0.15, -0.1) is 0 Å². The SMILES string of the molecule is COCCC(C)Oc1ccccc1[C@H](C)N. The molecule has 0 saturated carbocycles. The second-order valence-corrected chi connectivity index (χ2v) is 4.04. The molecular formula is C13H21NO2. The Morgan fingerprint density at radius 3 is 2.56 bits per heavy atom. The van der Waals surface area contributed by atoms with Gasteiger partial charge in [0.2, 0.25) is 0 Å². The number of rotatable bonds is 6. The minimum atomic E-state index is -0.00850. The fourth-order valence-electron chi connectivity index (χ4n) is 1.52. The highest BCUT2D eigenvalue weighted by atomic mass is 16.5. The van der Waals surface area contributed by atoms with Crippen molar-refractivity contribution in [3.63, 3.8) is 0 Å². The molecule has 0 spiro atoms. The number of para-hydroxylation sites is 1. The largest absolute Gasteiger partial charge is 0.490 e. The quantitative estimate of drug-likeness (QED) is 0.806. The summed E-state index contributed by atoms with van der Waals surface area (Å²) in [4.78, 5) is 0. The van der Waals surface area contributed by atoms with Gasteiger partial charge in [-0.05, 0) is 19.9 Å². The molecule has 3 heteroatoms. The number of methoxy groups -OCH3 is 1. The van der Waals surface area contributed by atoms with Crippen LogP contribution in [-0.4, -0.2) is 19.8 Å². The number of nitrogens with two attached hydrogens (primary N) is 1. The Morgan fingerprint density at radius 2 is 1.94 bits per heavy atom. The molecule has 0 heterocycles. The van der Waals surface area contributed by atoms with Crippen molar-refractivity contribution < 1.29 is 9.47 Å². The highest BCUT2D eigenvalue weighted by Gasteiger charge is 2.10. The van der Waals surface area contributed by atoms with Crippen LogP contribution in [0.25, 0.3) is 0 Å². The fourth-order valence-corrected chi connectivity index (χ4v) is 1.52. The zero-order valence-corrected chi connectivity index (χ0v) is 10.3. The first-order chi connectivity index (χ1) is 7.65. The van der Waals surface area contributed by atoms with E-state index in [1.807, 2.05) is 38.1 Å². The lowest BCUT2D eigenvalue weighted by Crippen LogP contribution is -2.16. The van der Waals surface area contributed by atoms with Crippen molar-refractivity contribution in [2.24, 2.45) is 5.73 Å². The van der Waals surface area contributed by atoms with Gasteiger partial charge in [0.1, 0.15) is 5.75 Å². The monoisotopic (exact) mass is 223 g/mol. The normalized spacial score (nSPS) is 14.5. The van der Waals surface area contributed by atoms with Crippen LogP contribution < -0.4 is 10.5 Å². The lowest BCUT2D eigenvalue weighted by Gasteiger charge is -2.18. The van der Waals surface area contributed by atoms with E-state index in [1.165, 1.54) is 0 Å². The van der Waals surface area contributed by atoms with E-state index in [1.54, 1.807) is 7.11 Å². The summed E-state index contributed by atoms with van der Waals surface area (Å²) >= 11 is 0. The van der Waals surface area contributed by atoms with Gasteiger partial charge in [0, 0.05) is 31.7 Å². The van der Waals surface area contributed by atoms with Crippen LogP contribution >= 0.6 is 0 Å². The van der Waals surface area contributed by atoms with Gasteiger partial charge in [0.15, 0.2) is 0 Å². The third kappa shape index (κ3) is 3.83. The molecule has 1 unspecified atom stereocenters. The molecule has 3 nitrogen and oxygen atoms in total. The predicted octanol–water partition coefficient (Wildman–Crippen LogP) is 2.51. The summed E-state index contributed by atoms with van der Waals surface area (Å²) in [5.74, 6) is 0.876. The van der Waals surface area contributed by atoms with Crippen LogP contribution in [0.4, 0.5) is 0 Å². The molecule has 0 bridgehead atoms. The van der Waals surface area contributed by atoms with Gasteiger partial charge in [0.05, 0.1) is 6.10 Å². The Morgan fingerprint density at radius 1 is 1.25 bits per heavy atom. The molecule has 0 aliphatic rings. The van der Waals surface area contributed by atoms with E-state index in [-0.39, 0.29) is 12.1 Å². The number of ether oxygens (including phenoxy) is 2.